The Hall–Kier alpha value is -1.44. The number of halogens is 2. The minimum Gasteiger partial charge on any atom is -0.296 e. The number of terminal acetylenes is 1. The fourth-order valence-electron chi connectivity index (χ4n) is 2.13. The Kier molecular flexibility index (Phi) is 4.29. The smallest absolute Gasteiger partial charge is 0.130 e. The summed E-state index contributed by atoms with van der Waals surface area (Å²) in [7, 11) is 0. The maximum atomic E-state index is 13.5. The number of hydrogen-bond donors (Lipinski definition) is 0. The predicted octanol–water partition coefficient (Wildman–Crippen LogP) is 1.72. The molecule has 1 saturated heterocycles. The predicted molar refractivity (Wildman–Crippen MR) is 66.9 cm³/mol. The molecular weight excluding hydrogens is 234 g/mol. The van der Waals surface area contributed by atoms with Crippen molar-refractivity contribution in [2.75, 3.05) is 32.7 Å². The molecule has 18 heavy (non-hydrogen) atoms. The van der Waals surface area contributed by atoms with Crippen LogP contribution in [0.15, 0.2) is 18.2 Å². The zero-order valence-electron chi connectivity index (χ0n) is 10.2. The average molecular weight is 250 g/mol. The van der Waals surface area contributed by atoms with E-state index < -0.39 is 11.6 Å². The fourth-order valence-corrected chi connectivity index (χ4v) is 2.13. The zero-order valence-corrected chi connectivity index (χ0v) is 10.2. The Morgan fingerprint density at radius 3 is 2.39 bits per heavy atom. The molecule has 0 N–H and O–H groups in total. The number of hydrogen-bond acceptors (Lipinski definition) is 2. The van der Waals surface area contributed by atoms with Gasteiger partial charge in [0.2, 0.25) is 0 Å². The van der Waals surface area contributed by atoms with E-state index in [0.29, 0.717) is 18.7 Å². The summed E-state index contributed by atoms with van der Waals surface area (Å²) in [5, 5.41) is 0. The highest BCUT2D eigenvalue weighted by molar-refractivity contribution is 5.18. The molecule has 2 rings (SSSR count). The quantitative estimate of drug-likeness (QED) is 0.754. The van der Waals surface area contributed by atoms with Gasteiger partial charge in [0.25, 0.3) is 0 Å². The minimum atomic E-state index is -0.532. The van der Waals surface area contributed by atoms with Crippen molar-refractivity contribution in [1.29, 1.82) is 0 Å². The second-order valence-corrected chi connectivity index (χ2v) is 4.49. The van der Waals surface area contributed by atoms with Crippen molar-refractivity contribution in [2.24, 2.45) is 0 Å². The van der Waals surface area contributed by atoms with Crippen LogP contribution in [0, 0.1) is 24.0 Å². The molecule has 1 heterocycles. The van der Waals surface area contributed by atoms with Gasteiger partial charge in [-0.25, -0.2) is 8.78 Å². The summed E-state index contributed by atoms with van der Waals surface area (Å²) < 4.78 is 26.3. The van der Waals surface area contributed by atoms with Crippen molar-refractivity contribution in [2.45, 2.75) is 6.54 Å². The van der Waals surface area contributed by atoms with Crippen molar-refractivity contribution in [1.82, 2.24) is 9.80 Å². The lowest BCUT2D eigenvalue weighted by molar-refractivity contribution is 0.137. The highest BCUT2D eigenvalue weighted by atomic mass is 19.1. The first-order chi connectivity index (χ1) is 8.69. The summed E-state index contributed by atoms with van der Waals surface area (Å²) in [5.41, 5.74) is 0.543. The van der Waals surface area contributed by atoms with Crippen LogP contribution in [0.4, 0.5) is 8.78 Å². The molecule has 0 amide bonds. The Morgan fingerprint density at radius 1 is 1.11 bits per heavy atom. The molecule has 2 nitrogen and oxygen atoms in total. The highest BCUT2D eigenvalue weighted by Gasteiger charge is 2.17. The van der Waals surface area contributed by atoms with E-state index in [4.69, 9.17) is 6.42 Å². The molecule has 1 aromatic rings. The van der Waals surface area contributed by atoms with Crippen LogP contribution in [0.1, 0.15) is 5.56 Å². The number of benzene rings is 1. The third kappa shape index (κ3) is 3.28. The normalized spacial score (nSPS) is 17.6. The van der Waals surface area contributed by atoms with Crippen LogP contribution in [0.5, 0.6) is 0 Å². The van der Waals surface area contributed by atoms with Gasteiger partial charge in [-0.3, -0.25) is 9.80 Å². The molecule has 1 aliphatic heterocycles. The molecule has 0 radical (unpaired) electrons. The molecular formula is C14H16F2N2. The summed E-state index contributed by atoms with van der Waals surface area (Å²) >= 11 is 0. The van der Waals surface area contributed by atoms with Crippen molar-refractivity contribution in [3.63, 3.8) is 0 Å². The van der Waals surface area contributed by atoms with Crippen LogP contribution < -0.4 is 0 Å². The maximum Gasteiger partial charge on any atom is 0.130 e. The zero-order chi connectivity index (χ0) is 13.0. The number of rotatable bonds is 3. The van der Waals surface area contributed by atoms with E-state index in [9.17, 15) is 8.78 Å². The lowest BCUT2D eigenvalue weighted by Gasteiger charge is -2.33. The van der Waals surface area contributed by atoms with Gasteiger partial charge >= 0.3 is 0 Å². The van der Waals surface area contributed by atoms with Crippen LogP contribution in [0.25, 0.3) is 0 Å². The van der Waals surface area contributed by atoms with Gasteiger partial charge < -0.3 is 0 Å². The second-order valence-electron chi connectivity index (χ2n) is 4.49. The Balaban J connectivity index is 1.90. The van der Waals surface area contributed by atoms with Crippen LogP contribution in [-0.2, 0) is 6.54 Å². The Bertz CT molecular complexity index is 446. The average Bonchev–Trinajstić information content (AvgIpc) is 2.35. The maximum absolute atomic E-state index is 13.5. The molecule has 0 unspecified atom stereocenters. The molecule has 1 aliphatic rings. The third-order valence-electron chi connectivity index (χ3n) is 3.19. The Morgan fingerprint density at radius 2 is 1.78 bits per heavy atom. The van der Waals surface area contributed by atoms with Gasteiger partial charge in [0.15, 0.2) is 0 Å². The minimum absolute atomic E-state index is 0.471. The molecule has 0 aromatic heterocycles. The summed E-state index contributed by atoms with van der Waals surface area (Å²) in [4.78, 5) is 4.35. The Labute approximate surface area is 106 Å². The second kappa shape index (κ2) is 5.94. The molecule has 0 atom stereocenters. The summed E-state index contributed by atoms with van der Waals surface area (Å²) in [6.45, 7) is 4.70. The van der Waals surface area contributed by atoms with Crippen molar-refractivity contribution in [3.8, 4) is 12.3 Å². The molecule has 0 saturated carbocycles. The van der Waals surface area contributed by atoms with Crippen molar-refractivity contribution < 1.29 is 8.78 Å². The molecule has 0 bridgehead atoms. The monoisotopic (exact) mass is 250 g/mol. The molecule has 1 aromatic carbocycles. The summed E-state index contributed by atoms with van der Waals surface area (Å²) in [5.74, 6) is 1.62. The highest BCUT2D eigenvalue weighted by Crippen LogP contribution is 2.13. The van der Waals surface area contributed by atoms with E-state index in [2.05, 4.69) is 15.7 Å². The number of piperazine rings is 1. The van der Waals surface area contributed by atoms with Gasteiger partial charge in [0, 0.05) is 44.4 Å². The lowest BCUT2D eigenvalue weighted by Crippen LogP contribution is -2.45. The topological polar surface area (TPSA) is 6.48 Å². The van der Waals surface area contributed by atoms with Gasteiger partial charge in [-0.15, -0.1) is 6.42 Å². The van der Waals surface area contributed by atoms with E-state index >= 15 is 0 Å². The van der Waals surface area contributed by atoms with Gasteiger partial charge in [0.05, 0.1) is 6.54 Å². The standard InChI is InChI=1S/C14H16F2N2/c1-2-5-17-6-8-18(9-7-17)11-12-3-4-13(15)10-14(12)16/h1,3-4,10H,5-9,11H2. The molecule has 4 heteroatoms. The van der Waals surface area contributed by atoms with Crippen molar-refractivity contribution in [3.05, 3.63) is 35.4 Å². The van der Waals surface area contributed by atoms with Crippen LogP contribution in [0.2, 0.25) is 0 Å². The SMILES string of the molecule is C#CCN1CCN(Cc2ccc(F)cc2F)CC1. The number of nitrogens with zero attached hydrogens (tertiary/aromatic N) is 2. The first-order valence-electron chi connectivity index (χ1n) is 6.01. The molecule has 0 aliphatic carbocycles. The van der Waals surface area contributed by atoms with Gasteiger partial charge in [0.1, 0.15) is 11.6 Å². The van der Waals surface area contributed by atoms with Crippen molar-refractivity contribution >= 4 is 0 Å². The van der Waals surface area contributed by atoms with E-state index in [1.54, 1.807) is 0 Å². The van der Waals surface area contributed by atoms with E-state index in [1.165, 1.54) is 12.1 Å². The van der Waals surface area contributed by atoms with Crippen LogP contribution >= 0.6 is 0 Å². The molecule has 96 valence electrons. The van der Waals surface area contributed by atoms with Gasteiger partial charge in [-0.05, 0) is 6.07 Å². The molecule has 1 fully saturated rings. The lowest BCUT2D eigenvalue weighted by atomic mass is 10.2. The molecule has 0 spiro atoms. The fraction of sp³-hybridized carbons (Fsp3) is 0.429. The third-order valence-corrected chi connectivity index (χ3v) is 3.19. The van der Waals surface area contributed by atoms with Gasteiger partial charge in [-0.1, -0.05) is 12.0 Å². The van der Waals surface area contributed by atoms with Crippen LogP contribution in [-0.4, -0.2) is 42.5 Å². The van der Waals surface area contributed by atoms with Gasteiger partial charge in [-0.2, -0.15) is 0 Å². The first-order valence-corrected chi connectivity index (χ1v) is 6.01. The summed E-state index contributed by atoms with van der Waals surface area (Å²) in [6, 6.07) is 3.75. The van der Waals surface area contributed by atoms with Crippen LogP contribution in [0.3, 0.4) is 0 Å². The first kappa shape index (κ1) is 13.0. The summed E-state index contributed by atoms with van der Waals surface area (Å²) in [6.07, 6.45) is 5.26. The van der Waals surface area contributed by atoms with E-state index in [1.807, 2.05) is 0 Å². The largest absolute Gasteiger partial charge is 0.296 e. The van der Waals surface area contributed by atoms with E-state index in [-0.39, 0.29) is 0 Å². The van der Waals surface area contributed by atoms with E-state index in [0.717, 1.165) is 32.2 Å².